The minimum absolute atomic E-state index is 0.180. The van der Waals surface area contributed by atoms with Crippen molar-refractivity contribution in [3.63, 3.8) is 0 Å². The molecule has 1 aromatic carbocycles. The summed E-state index contributed by atoms with van der Waals surface area (Å²) < 4.78 is 6.74. The second-order valence-corrected chi connectivity index (χ2v) is 7.22. The summed E-state index contributed by atoms with van der Waals surface area (Å²) in [6.07, 6.45) is 0.798. The Kier molecular flexibility index (Phi) is 5.17. The zero-order valence-electron chi connectivity index (χ0n) is 10.8. The summed E-state index contributed by atoms with van der Waals surface area (Å²) in [4.78, 5) is 0. The van der Waals surface area contributed by atoms with Gasteiger partial charge in [-0.2, -0.15) is 12.6 Å². The number of rotatable bonds is 5. The lowest BCUT2D eigenvalue weighted by Crippen LogP contribution is -2.44. The average Bonchev–Trinajstić information content (AvgIpc) is 2.15. The van der Waals surface area contributed by atoms with Crippen molar-refractivity contribution in [1.82, 2.24) is 0 Å². The zero-order chi connectivity index (χ0) is 13.1. The number of thiol groups is 1. The SMILES string of the molecule is CC(C)(S)C(C)(C)O[B]Cc1cccc(Br)c1. The van der Waals surface area contributed by atoms with Gasteiger partial charge in [0.15, 0.2) is 0 Å². The fourth-order valence-electron chi connectivity index (χ4n) is 1.15. The largest absolute Gasteiger partial charge is 0.434 e. The van der Waals surface area contributed by atoms with Crippen LogP contribution in [0.4, 0.5) is 0 Å². The van der Waals surface area contributed by atoms with Gasteiger partial charge >= 0.3 is 0 Å². The lowest BCUT2D eigenvalue weighted by Gasteiger charge is -2.38. The fraction of sp³-hybridized carbons (Fsp3) is 0.538. The lowest BCUT2D eigenvalue weighted by molar-refractivity contribution is 0.0823. The van der Waals surface area contributed by atoms with Crippen LogP contribution in [-0.4, -0.2) is 17.8 Å². The number of hydrogen-bond acceptors (Lipinski definition) is 2. The Balaban J connectivity index is 2.48. The molecule has 0 amide bonds. The molecule has 0 aromatic heterocycles. The Morgan fingerprint density at radius 3 is 2.47 bits per heavy atom. The first-order valence-corrected chi connectivity index (χ1v) is 6.93. The molecule has 0 aliphatic heterocycles. The molecular weight excluding hydrogens is 295 g/mol. The van der Waals surface area contributed by atoms with Crippen molar-refractivity contribution < 1.29 is 4.65 Å². The molecule has 0 fully saturated rings. The third-order valence-electron chi connectivity index (χ3n) is 3.06. The van der Waals surface area contributed by atoms with Crippen LogP contribution in [0.15, 0.2) is 28.7 Å². The topological polar surface area (TPSA) is 9.23 Å². The van der Waals surface area contributed by atoms with Crippen LogP contribution in [0, 0.1) is 0 Å². The van der Waals surface area contributed by atoms with Gasteiger partial charge in [0.25, 0.3) is 7.48 Å². The zero-order valence-corrected chi connectivity index (χ0v) is 13.3. The maximum atomic E-state index is 5.82. The summed E-state index contributed by atoms with van der Waals surface area (Å²) in [7, 11) is 1.86. The van der Waals surface area contributed by atoms with Gasteiger partial charge in [-0.3, -0.25) is 0 Å². The minimum atomic E-state index is -0.290. The van der Waals surface area contributed by atoms with Crippen LogP contribution in [0.5, 0.6) is 0 Å². The summed E-state index contributed by atoms with van der Waals surface area (Å²) in [6.45, 7) is 8.22. The normalized spacial score (nSPS) is 12.6. The standard InChI is InChI=1S/C13H19BBrOS/c1-12(2,13(3,4)17)16-14-9-10-6-5-7-11(15)8-10/h5-8,17H,9H2,1-4H3. The fourth-order valence-corrected chi connectivity index (χ4v) is 1.65. The minimum Gasteiger partial charge on any atom is -0.434 e. The summed E-state index contributed by atoms with van der Waals surface area (Å²) in [5.41, 5.74) is 0.939. The Morgan fingerprint density at radius 2 is 1.94 bits per heavy atom. The molecule has 1 rings (SSSR count). The second kappa shape index (κ2) is 5.81. The second-order valence-electron chi connectivity index (χ2n) is 5.19. The molecule has 1 radical (unpaired) electrons. The Hall–Kier alpha value is 0.0749. The van der Waals surface area contributed by atoms with Crippen LogP contribution >= 0.6 is 28.6 Å². The van der Waals surface area contributed by atoms with Crippen molar-refractivity contribution in [2.24, 2.45) is 0 Å². The molecule has 1 nitrogen and oxygen atoms in total. The van der Waals surface area contributed by atoms with E-state index < -0.39 is 0 Å². The van der Waals surface area contributed by atoms with E-state index in [2.05, 4.69) is 68.4 Å². The van der Waals surface area contributed by atoms with Gasteiger partial charge < -0.3 is 4.65 Å². The first kappa shape index (κ1) is 15.1. The van der Waals surface area contributed by atoms with Crippen LogP contribution < -0.4 is 0 Å². The molecule has 0 N–H and O–H groups in total. The molecule has 0 aliphatic carbocycles. The van der Waals surface area contributed by atoms with Gasteiger partial charge in [-0.25, -0.2) is 0 Å². The van der Waals surface area contributed by atoms with Crippen LogP contribution in [-0.2, 0) is 11.0 Å². The molecule has 93 valence electrons. The Bertz CT molecular complexity index is 374. The summed E-state index contributed by atoms with van der Waals surface area (Å²) >= 11 is 8.02. The Morgan fingerprint density at radius 1 is 1.29 bits per heavy atom. The van der Waals surface area contributed by atoms with Gasteiger partial charge in [-0.05, 0) is 46.1 Å². The van der Waals surface area contributed by atoms with Crippen molar-refractivity contribution in [1.29, 1.82) is 0 Å². The van der Waals surface area contributed by atoms with Crippen molar-refractivity contribution in [3.05, 3.63) is 34.3 Å². The smallest absolute Gasteiger partial charge is 0.297 e. The molecule has 0 spiro atoms. The molecule has 17 heavy (non-hydrogen) atoms. The summed E-state index contributed by atoms with van der Waals surface area (Å²) in [5, 5.41) is 0. The van der Waals surface area contributed by atoms with Gasteiger partial charge in [0.2, 0.25) is 0 Å². The number of halogens is 1. The quantitative estimate of drug-likeness (QED) is 0.637. The monoisotopic (exact) mass is 313 g/mol. The van der Waals surface area contributed by atoms with E-state index in [4.69, 9.17) is 4.65 Å². The highest BCUT2D eigenvalue weighted by Gasteiger charge is 2.34. The van der Waals surface area contributed by atoms with E-state index in [1.165, 1.54) is 5.56 Å². The molecule has 0 atom stereocenters. The molecule has 0 bridgehead atoms. The first-order chi connectivity index (χ1) is 7.72. The van der Waals surface area contributed by atoms with E-state index in [1.807, 2.05) is 19.6 Å². The van der Waals surface area contributed by atoms with Crippen molar-refractivity contribution >= 4 is 36.0 Å². The van der Waals surface area contributed by atoms with Gasteiger partial charge in [-0.15, -0.1) is 0 Å². The highest BCUT2D eigenvalue weighted by Crippen LogP contribution is 2.30. The van der Waals surface area contributed by atoms with E-state index in [0.717, 1.165) is 10.8 Å². The molecular formula is C13H19BBrOS. The summed E-state index contributed by atoms with van der Waals surface area (Å²) in [6, 6.07) is 8.23. The van der Waals surface area contributed by atoms with Crippen LogP contribution in [0.3, 0.4) is 0 Å². The maximum Gasteiger partial charge on any atom is 0.297 e. The van der Waals surface area contributed by atoms with E-state index in [9.17, 15) is 0 Å². The van der Waals surface area contributed by atoms with Crippen molar-refractivity contribution in [2.75, 3.05) is 0 Å². The van der Waals surface area contributed by atoms with Gasteiger partial charge in [-0.1, -0.05) is 33.6 Å². The van der Waals surface area contributed by atoms with Gasteiger partial charge in [0, 0.05) is 9.22 Å². The van der Waals surface area contributed by atoms with Gasteiger partial charge in [0.1, 0.15) is 0 Å². The average molecular weight is 314 g/mol. The maximum absolute atomic E-state index is 5.82. The third-order valence-corrected chi connectivity index (χ3v) is 4.09. The van der Waals surface area contributed by atoms with Crippen LogP contribution in [0.25, 0.3) is 0 Å². The molecule has 1 aromatic rings. The summed E-state index contributed by atoms with van der Waals surface area (Å²) in [5.74, 6) is 0. The molecule has 0 aliphatic rings. The Labute approximate surface area is 119 Å². The highest BCUT2D eigenvalue weighted by molar-refractivity contribution is 9.10. The number of hydrogen-bond donors (Lipinski definition) is 1. The molecule has 0 saturated heterocycles. The van der Waals surface area contributed by atoms with E-state index in [-0.39, 0.29) is 10.3 Å². The molecule has 0 unspecified atom stereocenters. The number of benzene rings is 1. The highest BCUT2D eigenvalue weighted by atomic mass is 79.9. The van der Waals surface area contributed by atoms with Gasteiger partial charge in [0.05, 0.1) is 5.60 Å². The van der Waals surface area contributed by atoms with Crippen molar-refractivity contribution in [3.8, 4) is 0 Å². The molecule has 0 heterocycles. The third kappa shape index (κ3) is 4.68. The lowest BCUT2D eigenvalue weighted by atomic mass is 9.85. The predicted octanol–water partition coefficient (Wildman–Crippen LogP) is 4.07. The van der Waals surface area contributed by atoms with Crippen molar-refractivity contribution in [2.45, 2.75) is 44.4 Å². The van der Waals surface area contributed by atoms with Crippen LogP contribution in [0.2, 0.25) is 0 Å². The van der Waals surface area contributed by atoms with E-state index >= 15 is 0 Å². The van der Waals surface area contributed by atoms with Crippen LogP contribution in [0.1, 0.15) is 33.3 Å². The predicted molar refractivity (Wildman–Crippen MR) is 81.8 cm³/mol. The van der Waals surface area contributed by atoms with E-state index in [1.54, 1.807) is 0 Å². The molecule has 0 saturated carbocycles. The first-order valence-electron chi connectivity index (χ1n) is 5.69. The van der Waals surface area contributed by atoms with E-state index in [0.29, 0.717) is 0 Å². The molecule has 4 heteroatoms.